The largest absolute Gasteiger partial charge is 0.444 e. The second-order valence-corrected chi connectivity index (χ2v) is 16.1. The van der Waals surface area contributed by atoms with Gasteiger partial charge in [-0.15, -0.1) is 0 Å². The number of anilines is 2. The van der Waals surface area contributed by atoms with Crippen molar-refractivity contribution in [3.05, 3.63) is 56.7 Å². The van der Waals surface area contributed by atoms with E-state index in [0.29, 0.717) is 73.7 Å². The van der Waals surface area contributed by atoms with Crippen LogP contribution < -0.4 is 10.2 Å². The highest BCUT2D eigenvalue weighted by molar-refractivity contribution is 7.90. The number of ether oxygens (including phenoxy) is 2. The number of rotatable bonds is 4. The van der Waals surface area contributed by atoms with Crippen LogP contribution in [0.25, 0.3) is 0 Å². The van der Waals surface area contributed by atoms with E-state index in [9.17, 15) is 18.0 Å². The van der Waals surface area contributed by atoms with Crippen LogP contribution in [0.1, 0.15) is 78.6 Å². The number of aromatic nitrogens is 4. The third-order valence-electron chi connectivity index (χ3n) is 8.68. The standard InChI is InChI=1S/C32H39ClFN7O6S/c1-31(2,3)47-30(43)36-22-14-21(33)19-9-7-10-32(25(19)26(22)34)15-24-20(17-46-32)27(37-29(35-24)48(6,44)45)40-11-8-12-41-18(16-40)13-23(38-41)28(42)39(4)5/h13-14H,7-12,15-17H2,1-6H3,(H,36,43). The van der Waals surface area contributed by atoms with Crippen LogP contribution in [-0.2, 0) is 57.5 Å². The van der Waals surface area contributed by atoms with E-state index >= 15 is 4.39 Å². The SMILES string of the molecule is CN(C)C(=O)c1cc2n(n1)CCCN(c1nc(S(C)(=O)=O)nc3c1COC1(CCCc4c(Cl)cc(NC(=O)OC(C)(C)C)c(F)c41)C3)C2. The second-order valence-electron chi connectivity index (χ2n) is 13.8. The number of fused-ring (bicyclic) bond motifs is 4. The fraction of sp³-hybridized carbons (Fsp3) is 0.531. The van der Waals surface area contributed by atoms with Crippen LogP contribution in [0.15, 0.2) is 17.3 Å². The van der Waals surface area contributed by atoms with Gasteiger partial charge in [0, 0.05) is 56.0 Å². The molecule has 3 aliphatic rings. The molecule has 1 spiro atoms. The summed E-state index contributed by atoms with van der Waals surface area (Å²) >= 11 is 6.69. The summed E-state index contributed by atoms with van der Waals surface area (Å²) < 4.78 is 56.0. The molecule has 3 aromatic rings. The number of hydrogen-bond donors (Lipinski definition) is 1. The number of hydrogen-bond acceptors (Lipinski definition) is 10. The summed E-state index contributed by atoms with van der Waals surface area (Å²) in [4.78, 5) is 37.7. The fourth-order valence-electron chi connectivity index (χ4n) is 6.61. The van der Waals surface area contributed by atoms with Gasteiger partial charge in [0.1, 0.15) is 17.0 Å². The second kappa shape index (κ2) is 12.3. The Hall–Kier alpha value is -3.82. The number of carbonyl (C=O) groups is 2. The molecule has 4 heterocycles. The highest BCUT2D eigenvalue weighted by Crippen LogP contribution is 2.49. The third kappa shape index (κ3) is 6.47. The zero-order valence-electron chi connectivity index (χ0n) is 27.8. The van der Waals surface area contributed by atoms with Gasteiger partial charge in [0.2, 0.25) is 15.0 Å². The number of carbonyl (C=O) groups excluding carboxylic acids is 2. The average Bonchev–Trinajstić information content (AvgIpc) is 3.28. The van der Waals surface area contributed by atoms with Gasteiger partial charge in [-0.25, -0.2) is 27.6 Å². The Kier molecular flexibility index (Phi) is 8.69. The predicted molar refractivity (Wildman–Crippen MR) is 175 cm³/mol. The maximum Gasteiger partial charge on any atom is 0.412 e. The molecule has 13 nitrogen and oxygen atoms in total. The monoisotopic (exact) mass is 703 g/mol. The van der Waals surface area contributed by atoms with Crippen LogP contribution in [0.2, 0.25) is 5.02 Å². The lowest BCUT2D eigenvalue weighted by molar-refractivity contribution is -0.0877. The van der Waals surface area contributed by atoms with E-state index in [0.717, 1.165) is 11.9 Å². The van der Waals surface area contributed by atoms with Crippen molar-refractivity contribution in [2.45, 2.75) is 88.9 Å². The molecule has 1 unspecified atom stereocenters. The Morgan fingerprint density at radius 3 is 2.58 bits per heavy atom. The smallest absolute Gasteiger partial charge is 0.412 e. The first-order chi connectivity index (χ1) is 22.5. The molecule has 1 aliphatic carbocycles. The van der Waals surface area contributed by atoms with Gasteiger partial charge in [-0.2, -0.15) is 5.10 Å². The van der Waals surface area contributed by atoms with Crippen molar-refractivity contribution in [1.82, 2.24) is 24.6 Å². The molecule has 258 valence electrons. The minimum Gasteiger partial charge on any atom is -0.444 e. The van der Waals surface area contributed by atoms with Crippen LogP contribution in [0.3, 0.4) is 0 Å². The lowest BCUT2D eigenvalue weighted by Gasteiger charge is -2.43. The fourth-order valence-corrected chi connectivity index (χ4v) is 7.44. The van der Waals surface area contributed by atoms with Gasteiger partial charge >= 0.3 is 6.09 Å². The summed E-state index contributed by atoms with van der Waals surface area (Å²) in [6.45, 7) is 6.51. The molecule has 2 amide bonds. The average molecular weight is 704 g/mol. The van der Waals surface area contributed by atoms with E-state index in [4.69, 9.17) is 21.1 Å². The van der Waals surface area contributed by atoms with Crippen molar-refractivity contribution in [3.63, 3.8) is 0 Å². The Morgan fingerprint density at radius 1 is 1.15 bits per heavy atom. The number of amides is 2. The van der Waals surface area contributed by atoms with Crippen molar-refractivity contribution in [2.24, 2.45) is 0 Å². The van der Waals surface area contributed by atoms with Crippen LogP contribution in [0.5, 0.6) is 0 Å². The van der Waals surface area contributed by atoms with Crippen molar-refractivity contribution in [1.29, 1.82) is 0 Å². The molecule has 2 aliphatic heterocycles. The highest BCUT2D eigenvalue weighted by Gasteiger charge is 2.46. The minimum atomic E-state index is -3.85. The van der Waals surface area contributed by atoms with Gasteiger partial charge in [0.25, 0.3) is 5.91 Å². The Bertz CT molecular complexity index is 1930. The first-order valence-electron chi connectivity index (χ1n) is 15.7. The summed E-state index contributed by atoms with van der Waals surface area (Å²) in [7, 11) is -0.528. The molecule has 0 bridgehead atoms. The Labute approximate surface area is 283 Å². The topological polar surface area (TPSA) is 149 Å². The summed E-state index contributed by atoms with van der Waals surface area (Å²) in [5.74, 6) is -0.505. The molecule has 1 N–H and O–H groups in total. The maximum absolute atomic E-state index is 16.5. The first kappa shape index (κ1) is 34.1. The zero-order valence-corrected chi connectivity index (χ0v) is 29.4. The van der Waals surface area contributed by atoms with E-state index in [2.05, 4.69) is 20.4 Å². The summed E-state index contributed by atoms with van der Waals surface area (Å²) in [6.07, 6.45) is 2.50. The first-order valence-corrected chi connectivity index (χ1v) is 18.0. The number of aryl methyl sites for hydroxylation is 1. The molecule has 48 heavy (non-hydrogen) atoms. The van der Waals surface area contributed by atoms with Gasteiger partial charge in [-0.1, -0.05) is 11.6 Å². The molecule has 0 fully saturated rings. The van der Waals surface area contributed by atoms with E-state index in [-0.39, 0.29) is 40.4 Å². The number of benzene rings is 1. The van der Waals surface area contributed by atoms with Crippen molar-refractivity contribution < 1.29 is 31.9 Å². The van der Waals surface area contributed by atoms with Crippen molar-refractivity contribution in [3.8, 4) is 0 Å². The van der Waals surface area contributed by atoms with E-state index in [1.165, 1.54) is 11.0 Å². The Balaban J connectivity index is 1.41. The normalized spacial score (nSPS) is 19.2. The lowest BCUT2D eigenvalue weighted by atomic mass is 9.74. The minimum absolute atomic E-state index is 0.0188. The molecule has 6 rings (SSSR count). The molecule has 1 atom stereocenters. The summed E-state index contributed by atoms with van der Waals surface area (Å²) in [5.41, 5.74) is 0.757. The summed E-state index contributed by atoms with van der Waals surface area (Å²) in [5, 5.41) is 6.93. The maximum atomic E-state index is 16.5. The third-order valence-corrected chi connectivity index (χ3v) is 9.87. The molecule has 16 heteroatoms. The van der Waals surface area contributed by atoms with Crippen LogP contribution in [0.4, 0.5) is 20.7 Å². The van der Waals surface area contributed by atoms with E-state index in [1.807, 2.05) is 4.90 Å². The molecule has 0 saturated heterocycles. The molecule has 2 aromatic heterocycles. The summed E-state index contributed by atoms with van der Waals surface area (Å²) in [6, 6.07) is 3.12. The lowest BCUT2D eigenvalue weighted by Crippen LogP contribution is -2.42. The van der Waals surface area contributed by atoms with Crippen LogP contribution in [-0.4, -0.2) is 77.6 Å². The number of nitrogens with zero attached hydrogens (tertiary/aromatic N) is 6. The molecular weight excluding hydrogens is 665 g/mol. The van der Waals surface area contributed by atoms with Crippen molar-refractivity contribution in [2.75, 3.05) is 37.1 Å². The van der Waals surface area contributed by atoms with Gasteiger partial charge in [0.15, 0.2) is 11.5 Å². The Morgan fingerprint density at radius 2 is 1.90 bits per heavy atom. The van der Waals surface area contributed by atoms with Crippen LogP contribution in [0, 0.1) is 5.82 Å². The molecule has 1 aromatic carbocycles. The van der Waals surface area contributed by atoms with E-state index < -0.39 is 32.9 Å². The quantitative estimate of drug-likeness (QED) is 0.381. The van der Waals surface area contributed by atoms with E-state index in [1.54, 1.807) is 45.6 Å². The van der Waals surface area contributed by atoms with Crippen LogP contribution >= 0.6 is 11.6 Å². The number of halogens is 2. The zero-order chi connectivity index (χ0) is 34.8. The van der Waals surface area contributed by atoms with Gasteiger partial charge in [-0.05, 0) is 64.2 Å². The predicted octanol–water partition coefficient (Wildman–Crippen LogP) is 4.63. The van der Waals surface area contributed by atoms with Gasteiger partial charge in [-0.3, -0.25) is 14.8 Å². The van der Waals surface area contributed by atoms with Gasteiger partial charge in [0.05, 0.1) is 30.2 Å². The van der Waals surface area contributed by atoms with Gasteiger partial charge < -0.3 is 19.3 Å². The highest BCUT2D eigenvalue weighted by atomic mass is 35.5. The van der Waals surface area contributed by atoms with Crippen molar-refractivity contribution >= 4 is 44.9 Å². The molecule has 0 saturated carbocycles. The molecular formula is C32H39ClFN7O6S. The number of nitrogens with one attached hydrogen (secondary N) is 1. The molecule has 0 radical (unpaired) electrons. The number of sulfone groups is 1.